The molecular formula is C77H141N9O34. The van der Waals surface area contributed by atoms with Crippen LogP contribution in [-0.2, 0) is 119 Å². The van der Waals surface area contributed by atoms with E-state index in [0.29, 0.717) is 39.1 Å². The first-order chi connectivity index (χ1) is 57.9. The van der Waals surface area contributed by atoms with Gasteiger partial charge in [-0.15, -0.1) is 0 Å². The van der Waals surface area contributed by atoms with Gasteiger partial charge in [0.05, 0.1) is 172 Å². The molecule has 19 N–H and O–H groups in total. The summed E-state index contributed by atoms with van der Waals surface area (Å²) in [6.45, 7) is 4.13. The third-order valence-electron chi connectivity index (χ3n) is 19.5. The van der Waals surface area contributed by atoms with Gasteiger partial charge >= 0.3 is 0 Å². The van der Waals surface area contributed by atoms with E-state index < -0.39 is 141 Å². The van der Waals surface area contributed by atoms with E-state index in [1.807, 2.05) is 0 Å². The van der Waals surface area contributed by atoms with Crippen LogP contribution in [-0.4, -0.2) is 401 Å². The van der Waals surface area contributed by atoms with Gasteiger partial charge in [0.2, 0.25) is 47.3 Å². The number of aliphatic hydroxyl groups is 9. The lowest BCUT2D eigenvalue weighted by Gasteiger charge is -2.42. The largest absolute Gasteiger partial charge is 0.394 e. The van der Waals surface area contributed by atoms with E-state index in [9.17, 15) is 84.3 Å². The summed E-state index contributed by atoms with van der Waals surface area (Å²) >= 11 is 0. The maximum absolute atomic E-state index is 14.0. The van der Waals surface area contributed by atoms with Gasteiger partial charge in [-0.1, -0.05) is 44.9 Å². The Morgan fingerprint density at radius 1 is 0.350 bits per heavy atom. The number of rotatable bonds is 70. The lowest BCUT2D eigenvalue weighted by molar-refractivity contribution is -0.272. The fourth-order valence-corrected chi connectivity index (χ4v) is 13.2. The topological polar surface area (TPSA) is 598 Å². The van der Waals surface area contributed by atoms with Gasteiger partial charge in [0.1, 0.15) is 78.6 Å². The standard InChI is InChI=1S/C77H141N9O34/c1-53(90)83-64-70(101)67(98)56(47-87)118-73(64)113-44-41-107-38-35-104-31-23-79-60(94)17-27-110-50-76(86-63(97)16-12-9-7-5-4-6-8-11-15-59(93)82-26-34-117-77(116-30-22-78)20-13-10-14-21-77,51-111-28-18-61(95)80-24-32-105-36-39-108-42-45-114-74-65(84-54(2)91)71(102)68(99)57(48-88)119-74)52-112-29-19-62(96)81-25-33-106-37-40-109-43-46-115-75-66(85-55(3)92)72(103)69(100)58(49-89)120-75/h56-58,64-75,87-89,98-103H,4-52,78H2,1-3H3,(H,79,94)(H,80,95)(H,81,96)(H,82,93)(H,83,90)(H,84,91)(H,85,92)(H,86,97). The molecule has 120 heavy (non-hydrogen) atoms. The van der Waals surface area contributed by atoms with Crippen LogP contribution in [0.4, 0.5) is 0 Å². The molecule has 0 spiro atoms. The van der Waals surface area contributed by atoms with Crippen LogP contribution >= 0.6 is 0 Å². The molecule has 8 amide bonds. The fraction of sp³-hybridized carbons (Fsp3) is 0.896. The van der Waals surface area contributed by atoms with Crippen molar-refractivity contribution in [2.24, 2.45) is 5.73 Å². The summed E-state index contributed by atoms with van der Waals surface area (Å²) in [6.07, 6.45) is -4.09. The average Bonchev–Trinajstić information content (AvgIpc) is 0.816. The minimum absolute atomic E-state index is 0.0252. The van der Waals surface area contributed by atoms with Crippen molar-refractivity contribution in [1.82, 2.24) is 42.5 Å². The number of hydrogen-bond acceptors (Lipinski definition) is 35. The van der Waals surface area contributed by atoms with Gasteiger partial charge in [0, 0.05) is 98.4 Å². The van der Waals surface area contributed by atoms with Gasteiger partial charge in [-0.3, -0.25) is 38.4 Å². The molecule has 43 heteroatoms. The van der Waals surface area contributed by atoms with Crippen molar-refractivity contribution >= 4 is 47.3 Å². The summed E-state index contributed by atoms with van der Waals surface area (Å²) in [5.74, 6) is -3.62. The molecule has 0 radical (unpaired) electrons. The normalized spacial score (nSPS) is 24.7. The van der Waals surface area contributed by atoms with E-state index in [2.05, 4.69) is 42.5 Å². The van der Waals surface area contributed by atoms with E-state index in [4.69, 9.17) is 86.3 Å². The van der Waals surface area contributed by atoms with E-state index in [1.54, 1.807) is 0 Å². The molecule has 3 aliphatic heterocycles. The molecule has 4 fully saturated rings. The minimum atomic E-state index is -1.47. The highest BCUT2D eigenvalue weighted by molar-refractivity contribution is 5.78. The zero-order chi connectivity index (χ0) is 87.6. The molecule has 0 bridgehead atoms. The predicted molar refractivity (Wildman–Crippen MR) is 421 cm³/mol. The van der Waals surface area contributed by atoms with Crippen molar-refractivity contribution in [3.63, 3.8) is 0 Å². The molecule has 15 unspecified atom stereocenters. The Morgan fingerprint density at radius 2 is 0.642 bits per heavy atom. The Kier molecular flexibility index (Phi) is 57.5. The third kappa shape index (κ3) is 45.0. The molecule has 3 saturated heterocycles. The summed E-state index contributed by atoms with van der Waals surface area (Å²) in [7, 11) is 0. The molecule has 15 atom stereocenters. The SMILES string of the molecule is CC(=O)NC1C(OCCOCCOCCNC(=O)CCOCC(COCCC(=O)NCCOCCOCCOC2OC(CO)C(O)C(O)C2NC(C)=O)(COCCC(=O)NCCOCCOCCOC2OC(CO)C(O)C(O)C2NC(C)=O)NC(=O)CCCCCCCCCCC(=O)NCCOC2(OCCN)CCCCC2)OC(CO)C(O)C1O. The van der Waals surface area contributed by atoms with Crippen LogP contribution in [0.25, 0.3) is 0 Å². The number of ether oxygens (including phenoxy) is 17. The zero-order valence-corrected chi connectivity index (χ0v) is 70.1. The smallest absolute Gasteiger partial charge is 0.222 e. The Bertz CT molecular complexity index is 2570. The number of carbonyl (C=O) groups excluding carboxylic acids is 8. The molecule has 0 aromatic rings. The Balaban J connectivity index is 1.28. The lowest BCUT2D eigenvalue weighted by atomic mass is 9.94. The van der Waals surface area contributed by atoms with Crippen molar-refractivity contribution in [3.05, 3.63) is 0 Å². The minimum Gasteiger partial charge on any atom is -0.394 e. The molecule has 1 aliphatic carbocycles. The predicted octanol–water partition coefficient (Wildman–Crippen LogP) is -5.94. The van der Waals surface area contributed by atoms with Crippen LogP contribution in [0.5, 0.6) is 0 Å². The van der Waals surface area contributed by atoms with Crippen molar-refractivity contribution in [3.8, 4) is 0 Å². The van der Waals surface area contributed by atoms with Crippen LogP contribution in [0, 0.1) is 0 Å². The Morgan fingerprint density at radius 3 is 0.967 bits per heavy atom. The first-order valence-corrected chi connectivity index (χ1v) is 42.0. The van der Waals surface area contributed by atoms with Gasteiger partial charge in [0.15, 0.2) is 24.7 Å². The van der Waals surface area contributed by atoms with Crippen LogP contribution in [0.2, 0.25) is 0 Å². The number of carbonyl (C=O) groups is 8. The van der Waals surface area contributed by atoms with Crippen LogP contribution in [0.3, 0.4) is 0 Å². The number of aliphatic hydroxyl groups excluding tert-OH is 9. The Hall–Kier alpha value is -5.32. The zero-order valence-electron chi connectivity index (χ0n) is 70.1. The molecule has 4 aliphatic rings. The molecule has 0 aromatic heterocycles. The number of nitrogens with two attached hydrogens (primary N) is 1. The second-order valence-corrected chi connectivity index (χ2v) is 29.5. The highest BCUT2D eigenvalue weighted by Gasteiger charge is 2.48. The van der Waals surface area contributed by atoms with Crippen molar-refractivity contribution in [2.45, 2.75) is 240 Å². The number of nitrogens with one attached hydrogen (secondary N) is 8. The maximum atomic E-state index is 14.0. The second kappa shape index (κ2) is 64.4. The van der Waals surface area contributed by atoms with Gasteiger partial charge in [-0.25, -0.2) is 0 Å². The molecule has 4 rings (SSSR count). The van der Waals surface area contributed by atoms with Crippen LogP contribution < -0.4 is 48.3 Å². The highest BCUT2D eigenvalue weighted by atomic mass is 16.7. The monoisotopic (exact) mass is 1740 g/mol. The van der Waals surface area contributed by atoms with Gasteiger partial charge < -0.3 is 175 Å². The van der Waals surface area contributed by atoms with Gasteiger partial charge in [-0.05, 0) is 25.7 Å². The number of amides is 8. The van der Waals surface area contributed by atoms with Crippen molar-refractivity contribution < 1.29 is 165 Å². The maximum Gasteiger partial charge on any atom is 0.222 e. The first kappa shape index (κ1) is 107. The molecule has 3 heterocycles. The van der Waals surface area contributed by atoms with Crippen LogP contribution in [0.15, 0.2) is 0 Å². The molecule has 43 nitrogen and oxygen atoms in total. The summed E-state index contributed by atoms with van der Waals surface area (Å²) in [6, 6.07) is -3.31. The number of hydrogen-bond donors (Lipinski definition) is 18. The number of unbranched alkanes of at least 4 members (excludes halogenated alkanes) is 7. The van der Waals surface area contributed by atoms with E-state index in [-0.39, 0.29) is 214 Å². The fourth-order valence-electron chi connectivity index (χ4n) is 13.2. The van der Waals surface area contributed by atoms with E-state index in [0.717, 1.165) is 77.0 Å². The summed E-state index contributed by atoms with van der Waals surface area (Å²) in [5.41, 5.74) is 4.27. The summed E-state index contributed by atoms with van der Waals surface area (Å²) < 4.78 is 97.6. The van der Waals surface area contributed by atoms with Gasteiger partial charge in [0.25, 0.3) is 0 Å². The highest BCUT2D eigenvalue weighted by Crippen LogP contribution is 2.33. The van der Waals surface area contributed by atoms with Crippen molar-refractivity contribution in [2.75, 3.05) is 205 Å². The molecule has 1 saturated carbocycles. The third-order valence-corrected chi connectivity index (χ3v) is 19.5. The molecule has 698 valence electrons. The first-order valence-electron chi connectivity index (χ1n) is 42.0. The van der Waals surface area contributed by atoms with E-state index in [1.165, 1.54) is 20.8 Å². The summed E-state index contributed by atoms with van der Waals surface area (Å²) in [5, 5.41) is 113. The average molecular weight is 1740 g/mol. The lowest BCUT2D eigenvalue weighted by Crippen LogP contribution is -2.64. The van der Waals surface area contributed by atoms with Crippen molar-refractivity contribution in [1.29, 1.82) is 0 Å². The second-order valence-electron chi connectivity index (χ2n) is 29.5. The molecular weight excluding hydrogens is 1590 g/mol. The van der Waals surface area contributed by atoms with Crippen LogP contribution in [0.1, 0.15) is 136 Å². The Labute approximate surface area is 702 Å². The quantitative estimate of drug-likeness (QED) is 0.0199. The summed E-state index contributed by atoms with van der Waals surface area (Å²) in [4.78, 5) is 101. The van der Waals surface area contributed by atoms with Gasteiger partial charge in [-0.2, -0.15) is 0 Å². The van der Waals surface area contributed by atoms with E-state index >= 15 is 0 Å². The molecule has 0 aromatic carbocycles.